The minimum Gasteiger partial charge on any atom is -0.0926 e. The van der Waals surface area contributed by atoms with Crippen LogP contribution in [0.15, 0.2) is 48.5 Å². The van der Waals surface area contributed by atoms with Crippen LogP contribution >= 0.6 is 0 Å². The summed E-state index contributed by atoms with van der Waals surface area (Å²) in [5.41, 5.74) is 5.26. The van der Waals surface area contributed by atoms with Gasteiger partial charge in [-0.1, -0.05) is 86.1 Å². The summed E-state index contributed by atoms with van der Waals surface area (Å²) >= 11 is 0. The van der Waals surface area contributed by atoms with Crippen molar-refractivity contribution in [1.82, 2.24) is 0 Å². The lowest BCUT2D eigenvalue weighted by Gasteiger charge is -2.39. The Hall–Kier alpha value is -1.50. The average molecular weight is 288 g/mol. The molecule has 1 heteroatoms. The molecule has 0 heterocycles. The molecule has 0 unspecified atom stereocenters. The summed E-state index contributed by atoms with van der Waals surface area (Å²) in [7, 11) is 6.41. The summed E-state index contributed by atoms with van der Waals surface area (Å²) in [6.45, 7) is 2.25. The van der Waals surface area contributed by atoms with E-state index >= 15 is 0 Å². The topological polar surface area (TPSA) is 0 Å². The zero-order valence-corrected chi connectivity index (χ0v) is 13.6. The molecule has 2 aromatic carbocycles. The van der Waals surface area contributed by atoms with E-state index < -0.39 is 0 Å². The molecule has 3 rings (SSSR count). The van der Waals surface area contributed by atoms with Gasteiger partial charge in [-0.05, 0) is 36.5 Å². The number of aryl methyl sites for hydroxylation is 1. The van der Waals surface area contributed by atoms with E-state index in [4.69, 9.17) is 7.85 Å². The van der Waals surface area contributed by atoms with E-state index in [-0.39, 0.29) is 5.41 Å². The largest absolute Gasteiger partial charge is 0.114 e. The first-order chi connectivity index (χ1) is 10.7. The van der Waals surface area contributed by atoms with Crippen LogP contribution in [0.3, 0.4) is 0 Å². The van der Waals surface area contributed by atoms with Crippen LogP contribution in [0, 0.1) is 6.92 Å². The van der Waals surface area contributed by atoms with E-state index in [1.807, 2.05) is 6.07 Å². The Bertz CT molecular complexity index is 574. The maximum absolute atomic E-state index is 6.41. The molecule has 2 aromatic rings. The van der Waals surface area contributed by atoms with Gasteiger partial charge in [0.15, 0.2) is 0 Å². The maximum atomic E-state index is 6.41. The van der Waals surface area contributed by atoms with Crippen molar-refractivity contribution < 1.29 is 0 Å². The average Bonchev–Trinajstić information content (AvgIpc) is 2.50. The van der Waals surface area contributed by atoms with Crippen molar-refractivity contribution in [2.24, 2.45) is 0 Å². The molecule has 0 bridgehead atoms. The second-order valence-electron chi connectivity index (χ2n) is 6.75. The van der Waals surface area contributed by atoms with E-state index in [2.05, 4.69) is 49.4 Å². The number of benzene rings is 2. The molecule has 112 valence electrons. The Labute approximate surface area is 136 Å². The molecule has 1 aliphatic carbocycles. The van der Waals surface area contributed by atoms with Crippen molar-refractivity contribution >= 4 is 13.3 Å². The van der Waals surface area contributed by atoms with Gasteiger partial charge in [-0.15, -0.1) is 0 Å². The third-order valence-electron chi connectivity index (χ3n) is 5.34. The predicted molar refractivity (Wildman–Crippen MR) is 96.1 cm³/mol. The van der Waals surface area contributed by atoms with Crippen molar-refractivity contribution in [3.63, 3.8) is 0 Å². The summed E-state index contributed by atoms with van der Waals surface area (Å²) in [6, 6.07) is 17.4. The highest BCUT2D eigenvalue weighted by atomic mass is 14.4. The molecule has 0 amide bonds. The first kappa shape index (κ1) is 15.4. The van der Waals surface area contributed by atoms with Crippen molar-refractivity contribution in [2.75, 3.05) is 0 Å². The first-order valence-corrected chi connectivity index (χ1v) is 8.65. The highest BCUT2D eigenvalue weighted by Gasteiger charge is 2.35. The van der Waals surface area contributed by atoms with Gasteiger partial charge in [-0.25, -0.2) is 0 Å². The fraction of sp³-hybridized carbons (Fsp3) is 0.429. The fourth-order valence-electron chi connectivity index (χ4n) is 4.24. The molecule has 1 fully saturated rings. The van der Waals surface area contributed by atoms with Crippen LogP contribution in [0.4, 0.5) is 0 Å². The molecular weight excluding hydrogens is 263 g/mol. The number of hydrogen-bond donors (Lipinski definition) is 0. The molecule has 0 spiro atoms. The number of rotatable bonds is 2. The smallest absolute Gasteiger partial charge is 0.0926 e. The Morgan fingerprint density at radius 1 is 0.727 bits per heavy atom. The van der Waals surface area contributed by atoms with Crippen LogP contribution in [0.2, 0.25) is 0 Å². The van der Waals surface area contributed by atoms with E-state index in [0.29, 0.717) is 0 Å². The summed E-state index contributed by atoms with van der Waals surface area (Å²) < 4.78 is 0. The molecule has 2 radical (unpaired) electrons. The SMILES string of the molecule is [B]c1ccccc1C1(c2ccccc2C)CCCCCCC1. The van der Waals surface area contributed by atoms with Crippen LogP contribution in [0.1, 0.15) is 61.6 Å². The second-order valence-corrected chi connectivity index (χ2v) is 6.75. The van der Waals surface area contributed by atoms with E-state index in [1.54, 1.807) is 0 Å². The first-order valence-electron chi connectivity index (χ1n) is 8.65. The molecule has 0 atom stereocenters. The molecule has 1 aliphatic rings. The quantitative estimate of drug-likeness (QED) is 0.695. The lowest BCUT2D eigenvalue weighted by molar-refractivity contribution is 0.367. The van der Waals surface area contributed by atoms with Crippen molar-refractivity contribution in [3.8, 4) is 0 Å². The third kappa shape index (κ3) is 2.86. The normalized spacial score (nSPS) is 18.4. The lowest BCUT2D eigenvalue weighted by atomic mass is 9.63. The van der Waals surface area contributed by atoms with Crippen LogP contribution in [0.25, 0.3) is 0 Å². The molecule has 0 saturated heterocycles. The van der Waals surface area contributed by atoms with Gasteiger partial charge in [-0.2, -0.15) is 0 Å². The molecule has 0 nitrogen and oxygen atoms in total. The summed E-state index contributed by atoms with van der Waals surface area (Å²) in [4.78, 5) is 0. The van der Waals surface area contributed by atoms with Crippen molar-refractivity contribution in [1.29, 1.82) is 0 Å². The Balaban J connectivity index is 2.17. The molecule has 22 heavy (non-hydrogen) atoms. The minimum absolute atomic E-state index is 0.0944. The predicted octanol–water partition coefficient (Wildman–Crippen LogP) is 4.82. The minimum atomic E-state index is 0.0944. The van der Waals surface area contributed by atoms with Crippen molar-refractivity contribution in [2.45, 2.75) is 57.3 Å². The standard InChI is InChI=1S/C21H25B/c1-17-11-5-6-12-18(17)21(15-9-3-2-4-10-16-21)19-13-7-8-14-20(19)22/h5-8,11-14H,2-4,9-10,15-16H2,1H3. The van der Waals surface area contributed by atoms with Gasteiger partial charge in [0.2, 0.25) is 0 Å². The summed E-state index contributed by atoms with van der Waals surface area (Å²) in [6.07, 6.45) is 9.10. The Kier molecular flexibility index (Phi) is 4.71. The van der Waals surface area contributed by atoms with Gasteiger partial charge in [0.1, 0.15) is 7.85 Å². The van der Waals surface area contributed by atoms with E-state index in [0.717, 1.165) is 5.46 Å². The van der Waals surface area contributed by atoms with Crippen LogP contribution in [-0.4, -0.2) is 7.85 Å². The maximum Gasteiger partial charge on any atom is 0.114 e. The van der Waals surface area contributed by atoms with Gasteiger partial charge in [0, 0.05) is 5.41 Å². The Morgan fingerprint density at radius 3 is 1.91 bits per heavy atom. The molecule has 0 N–H and O–H groups in total. The highest BCUT2D eigenvalue weighted by Crippen LogP contribution is 2.43. The van der Waals surface area contributed by atoms with Crippen LogP contribution in [0.5, 0.6) is 0 Å². The van der Waals surface area contributed by atoms with Gasteiger partial charge in [-0.3, -0.25) is 0 Å². The van der Waals surface area contributed by atoms with E-state index in [1.165, 1.54) is 61.6 Å². The van der Waals surface area contributed by atoms with Gasteiger partial charge < -0.3 is 0 Å². The molecular formula is C21H25B. The second kappa shape index (κ2) is 6.73. The molecule has 0 aromatic heterocycles. The van der Waals surface area contributed by atoms with Gasteiger partial charge in [0.05, 0.1) is 0 Å². The zero-order chi connectivity index (χ0) is 15.4. The summed E-state index contributed by atoms with van der Waals surface area (Å²) in [5, 5.41) is 0. The third-order valence-corrected chi connectivity index (χ3v) is 5.34. The molecule has 0 aliphatic heterocycles. The van der Waals surface area contributed by atoms with Crippen LogP contribution < -0.4 is 5.46 Å². The zero-order valence-electron chi connectivity index (χ0n) is 13.6. The van der Waals surface area contributed by atoms with E-state index in [9.17, 15) is 0 Å². The van der Waals surface area contributed by atoms with Crippen molar-refractivity contribution in [3.05, 3.63) is 65.2 Å². The van der Waals surface area contributed by atoms with Crippen LogP contribution in [-0.2, 0) is 5.41 Å². The molecule has 1 saturated carbocycles. The fourth-order valence-corrected chi connectivity index (χ4v) is 4.24. The summed E-state index contributed by atoms with van der Waals surface area (Å²) in [5.74, 6) is 0. The highest BCUT2D eigenvalue weighted by molar-refractivity contribution is 6.33. The number of hydrogen-bond acceptors (Lipinski definition) is 0. The monoisotopic (exact) mass is 288 g/mol. The van der Waals surface area contributed by atoms with Gasteiger partial charge >= 0.3 is 0 Å². The van der Waals surface area contributed by atoms with Gasteiger partial charge in [0.25, 0.3) is 0 Å². The lowest BCUT2D eigenvalue weighted by Crippen LogP contribution is -2.35. The Morgan fingerprint density at radius 2 is 1.27 bits per heavy atom.